The van der Waals surface area contributed by atoms with E-state index in [0.717, 1.165) is 35.5 Å². The topological polar surface area (TPSA) is 78.7 Å². The van der Waals surface area contributed by atoms with Crippen LogP contribution in [-0.2, 0) is 17.6 Å². The Morgan fingerprint density at radius 2 is 2.17 bits per heavy atom. The Morgan fingerprint density at radius 1 is 1.38 bits per heavy atom. The van der Waals surface area contributed by atoms with Crippen molar-refractivity contribution in [1.29, 1.82) is 5.26 Å². The van der Waals surface area contributed by atoms with Crippen LogP contribution in [0.5, 0.6) is 0 Å². The highest BCUT2D eigenvalue weighted by molar-refractivity contribution is 7.99. The number of aryl methyl sites for hydroxylation is 2. The maximum atomic E-state index is 12.2. The fourth-order valence-corrected chi connectivity index (χ4v) is 4.48. The fourth-order valence-electron chi connectivity index (χ4n) is 3.56. The minimum absolute atomic E-state index is 0.0849. The summed E-state index contributed by atoms with van der Waals surface area (Å²) in [6.45, 7) is 8.80. The van der Waals surface area contributed by atoms with Gasteiger partial charge in [-0.05, 0) is 60.8 Å². The Bertz CT molecular complexity index is 926. The van der Waals surface area contributed by atoms with Crippen LogP contribution in [0.15, 0.2) is 29.4 Å². The standard InChI is InChI=1S/C23H28N4OS/c1-15-5-8-20(25-14-15)27-21(28)9-10-29-22-17(13-24)11-16-12-18(23(2,3)4)6-7-19(16)26-22/h5,8,11,14,18H,6-7,9-10,12H2,1-4H3,(H,25,27,28). The number of nitrogens with zero attached hydrogens (tertiary/aromatic N) is 3. The summed E-state index contributed by atoms with van der Waals surface area (Å²) < 4.78 is 0. The molecule has 0 radical (unpaired) electrons. The van der Waals surface area contributed by atoms with Crippen LogP contribution in [0.1, 0.15) is 56.0 Å². The van der Waals surface area contributed by atoms with E-state index in [2.05, 4.69) is 37.1 Å². The molecule has 2 heterocycles. The number of nitriles is 1. The second-order valence-corrected chi connectivity index (χ2v) is 9.82. The molecule has 152 valence electrons. The molecule has 0 spiro atoms. The smallest absolute Gasteiger partial charge is 0.226 e. The minimum Gasteiger partial charge on any atom is -0.311 e. The maximum absolute atomic E-state index is 12.2. The lowest BCUT2D eigenvalue weighted by Gasteiger charge is -2.34. The van der Waals surface area contributed by atoms with Crippen molar-refractivity contribution in [1.82, 2.24) is 9.97 Å². The highest BCUT2D eigenvalue weighted by atomic mass is 32.2. The van der Waals surface area contributed by atoms with Crippen molar-refractivity contribution in [3.8, 4) is 6.07 Å². The van der Waals surface area contributed by atoms with Gasteiger partial charge in [-0.3, -0.25) is 4.79 Å². The average Bonchev–Trinajstić information content (AvgIpc) is 2.68. The fraction of sp³-hybridized carbons (Fsp3) is 0.478. The molecule has 1 N–H and O–H groups in total. The van der Waals surface area contributed by atoms with Gasteiger partial charge in [-0.25, -0.2) is 9.97 Å². The van der Waals surface area contributed by atoms with E-state index >= 15 is 0 Å². The van der Waals surface area contributed by atoms with E-state index in [4.69, 9.17) is 4.98 Å². The van der Waals surface area contributed by atoms with Crippen molar-refractivity contribution in [3.63, 3.8) is 0 Å². The molecule has 1 aliphatic rings. The zero-order valence-electron chi connectivity index (χ0n) is 17.6. The SMILES string of the molecule is Cc1ccc(NC(=O)CCSc2nc3c(cc2C#N)CC(C(C)(C)C)CC3)nc1. The largest absolute Gasteiger partial charge is 0.311 e. The van der Waals surface area contributed by atoms with Gasteiger partial charge in [0, 0.05) is 24.1 Å². The van der Waals surface area contributed by atoms with E-state index in [1.54, 1.807) is 12.3 Å². The first-order valence-corrected chi connectivity index (χ1v) is 11.0. The molecule has 3 rings (SSSR count). The first-order chi connectivity index (χ1) is 13.8. The van der Waals surface area contributed by atoms with Gasteiger partial charge in [-0.15, -0.1) is 11.8 Å². The van der Waals surface area contributed by atoms with Crippen LogP contribution in [0.3, 0.4) is 0 Å². The highest BCUT2D eigenvalue weighted by Gasteiger charge is 2.30. The molecule has 2 aromatic heterocycles. The number of anilines is 1. The lowest BCUT2D eigenvalue weighted by molar-refractivity contribution is -0.115. The van der Waals surface area contributed by atoms with Crippen molar-refractivity contribution in [2.24, 2.45) is 11.3 Å². The number of amides is 1. The second kappa shape index (κ2) is 8.96. The van der Waals surface area contributed by atoms with Gasteiger partial charge in [0.05, 0.1) is 5.56 Å². The van der Waals surface area contributed by atoms with E-state index < -0.39 is 0 Å². The van der Waals surface area contributed by atoms with Crippen LogP contribution in [0, 0.1) is 29.6 Å². The minimum atomic E-state index is -0.0849. The summed E-state index contributed by atoms with van der Waals surface area (Å²) in [6, 6.07) is 8.01. The summed E-state index contributed by atoms with van der Waals surface area (Å²) in [7, 11) is 0. The molecule has 0 bridgehead atoms. The molecular formula is C23H28N4OS. The van der Waals surface area contributed by atoms with E-state index in [1.807, 2.05) is 19.1 Å². The molecule has 1 amide bonds. The molecule has 1 unspecified atom stereocenters. The molecule has 0 aromatic carbocycles. The molecule has 0 aliphatic heterocycles. The van der Waals surface area contributed by atoms with Crippen LogP contribution in [0.4, 0.5) is 5.82 Å². The number of pyridine rings is 2. The average molecular weight is 409 g/mol. The van der Waals surface area contributed by atoms with Gasteiger partial charge >= 0.3 is 0 Å². The van der Waals surface area contributed by atoms with Crippen LogP contribution in [-0.4, -0.2) is 21.6 Å². The van der Waals surface area contributed by atoms with Crippen LogP contribution in [0.2, 0.25) is 0 Å². The normalized spacial score (nSPS) is 16.0. The molecule has 5 nitrogen and oxygen atoms in total. The van der Waals surface area contributed by atoms with Crippen molar-refractivity contribution < 1.29 is 4.79 Å². The predicted molar refractivity (Wildman–Crippen MR) is 117 cm³/mol. The summed E-state index contributed by atoms with van der Waals surface area (Å²) in [5.41, 5.74) is 4.25. The third-order valence-corrected chi connectivity index (χ3v) is 6.44. The third kappa shape index (κ3) is 5.57. The quantitative estimate of drug-likeness (QED) is 0.710. The molecule has 1 aliphatic carbocycles. The second-order valence-electron chi connectivity index (χ2n) is 8.73. The molecule has 0 fully saturated rings. The van der Waals surface area contributed by atoms with Crippen molar-refractivity contribution >= 4 is 23.5 Å². The number of thioether (sulfide) groups is 1. The molecule has 6 heteroatoms. The van der Waals surface area contributed by atoms with Gasteiger partial charge in [0.1, 0.15) is 16.9 Å². The van der Waals surface area contributed by atoms with E-state index in [1.165, 1.54) is 17.3 Å². The molecular weight excluding hydrogens is 380 g/mol. The molecule has 2 aromatic rings. The molecule has 0 saturated carbocycles. The Balaban J connectivity index is 1.60. The number of hydrogen-bond acceptors (Lipinski definition) is 5. The van der Waals surface area contributed by atoms with Gasteiger partial charge in [-0.1, -0.05) is 26.8 Å². The van der Waals surface area contributed by atoms with Gasteiger partial charge in [-0.2, -0.15) is 5.26 Å². The summed E-state index contributed by atoms with van der Waals surface area (Å²) in [6.07, 6.45) is 5.14. The lowest BCUT2D eigenvalue weighted by atomic mass is 9.71. The number of fused-ring (bicyclic) bond motifs is 1. The first kappa shape index (κ1) is 21.3. The third-order valence-electron chi connectivity index (χ3n) is 5.44. The van der Waals surface area contributed by atoms with E-state index in [0.29, 0.717) is 29.5 Å². The molecule has 29 heavy (non-hydrogen) atoms. The number of rotatable bonds is 5. The van der Waals surface area contributed by atoms with Crippen LogP contribution in [0.25, 0.3) is 0 Å². The highest BCUT2D eigenvalue weighted by Crippen LogP contribution is 2.38. The summed E-state index contributed by atoms with van der Waals surface area (Å²) in [4.78, 5) is 21.1. The van der Waals surface area contributed by atoms with Crippen LogP contribution >= 0.6 is 11.8 Å². The van der Waals surface area contributed by atoms with Gasteiger partial charge in [0.2, 0.25) is 5.91 Å². The first-order valence-electron chi connectivity index (χ1n) is 10.0. The zero-order chi connectivity index (χ0) is 21.0. The summed E-state index contributed by atoms with van der Waals surface area (Å²) >= 11 is 1.48. The Labute approximate surface area is 177 Å². The van der Waals surface area contributed by atoms with E-state index in [9.17, 15) is 10.1 Å². The summed E-state index contributed by atoms with van der Waals surface area (Å²) in [5, 5.41) is 13.1. The Kier molecular flexibility index (Phi) is 6.59. The van der Waals surface area contributed by atoms with Crippen molar-refractivity contribution in [2.45, 2.75) is 58.4 Å². The van der Waals surface area contributed by atoms with Gasteiger partial charge < -0.3 is 5.32 Å². The monoisotopic (exact) mass is 408 g/mol. The van der Waals surface area contributed by atoms with Gasteiger partial charge in [0.25, 0.3) is 0 Å². The number of carbonyl (C=O) groups excluding carboxylic acids is 1. The lowest BCUT2D eigenvalue weighted by Crippen LogP contribution is -2.27. The van der Waals surface area contributed by atoms with Crippen molar-refractivity contribution in [2.75, 3.05) is 11.1 Å². The predicted octanol–water partition coefficient (Wildman–Crippen LogP) is 4.93. The number of hydrogen-bond donors (Lipinski definition) is 1. The Morgan fingerprint density at radius 3 is 2.83 bits per heavy atom. The maximum Gasteiger partial charge on any atom is 0.226 e. The number of carbonyl (C=O) groups is 1. The van der Waals surface area contributed by atoms with Gasteiger partial charge in [0.15, 0.2) is 0 Å². The zero-order valence-corrected chi connectivity index (χ0v) is 18.4. The van der Waals surface area contributed by atoms with Crippen molar-refractivity contribution in [3.05, 3.63) is 46.8 Å². The summed E-state index contributed by atoms with van der Waals surface area (Å²) in [5.74, 6) is 1.66. The van der Waals surface area contributed by atoms with E-state index in [-0.39, 0.29) is 11.3 Å². The van der Waals surface area contributed by atoms with Crippen LogP contribution < -0.4 is 5.32 Å². The Hall–Kier alpha value is -2.39. The number of nitrogens with one attached hydrogen (secondary N) is 1. The molecule has 0 saturated heterocycles. The molecule has 1 atom stereocenters. The number of aromatic nitrogens is 2.